The Morgan fingerprint density at radius 3 is 2.55 bits per heavy atom. The Balaban J connectivity index is 0.00000361. The third kappa shape index (κ3) is 6.06. The Bertz CT molecular complexity index is 437. The van der Waals surface area contributed by atoms with Crippen LogP contribution in [0, 0.1) is 5.92 Å². The minimum Gasteiger partial charge on any atom is -0.348 e. The van der Waals surface area contributed by atoms with Gasteiger partial charge in [0.25, 0.3) is 0 Å². The van der Waals surface area contributed by atoms with E-state index < -0.39 is 17.9 Å². The van der Waals surface area contributed by atoms with Crippen molar-refractivity contribution in [2.24, 2.45) is 11.7 Å². The van der Waals surface area contributed by atoms with Crippen molar-refractivity contribution in [3.63, 3.8) is 0 Å². The zero-order chi connectivity index (χ0) is 14.6. The zero-order valence-corrected chi connectivity index (χ0v) is 12.7. The van der Waals surface area contributed by atoms with Crippen LogP contribution in [0.25, 0.3) is 0 Å². The molecule has 1 aromatic heterocycles. The van der Waals surface area contributed by atoms with Crippen LogP contribution in [-0.4, -0.2) is 16.9 Å². The molecule has 0 spiro atoms. The van der Waals surface area contributed by atoms with Gasteiger partial charge in [-0.15, -0.1) is 23.7 Å². The number of carbonyl (C=O) groups excluding carboxylic acids is 1. The lowest BCUT2D eigenvalue weighted by Gasteiger charge is -2.13. The Morgan fingerprint density at radius 2 is 2.10 bits per heavy atom. The number of thiazole rings is 1. The smallest absolute Gasteiger partial charge is 0.348 e. The number of nitrogens with two attached hydrogens (primary N) is 1. The highest BCUT2D eigenvalue weighted by Gasteiger charge is 2.33. The molecule has 0 radical (unpaired) electrons. The van der Waals surface area contributed by atoms with E-state index in [1.54, 1.807) is 0 Å². The lowest BCUT2D eigenvalue weighted by Crippen LogP contribution is -2.41. The molecule has 0 saturated carbocycles. The van der Waals surface area contributed by atoms with E-state index in [-0.39, 0.29) is 35.8 Å². The van der Waals surface area contributed by atoms with Crippen molar-refractivity contribution in [3.05, 3.63) is 16.1 Å². The molecule has 0 bridgehead atoms. The van der Waals surface area contributed by atoms with E-state index in [9.17, 15) is 18.0 Å². The van der Waals surface area contributed by atoms with E-state index in [0.29, 0.717) is 6.42 Å². The molecule has 0 fully saturated rings. The maximum Gasteiger partial charge on any atom is 0.434 e. The van der Waals surface area contributed by atoms with Gasteiger partial charge in [-0.05, 0) is 12.3 Å². The Labute approximate surface area is 125 Å². The highest BCUT2D eigenvalue weighted by atomic mass is 35.5. The fourth-order valence-electron chi connectivity index (χ4n) is 1.43. The van der Waals surface area contributed by atoms with Gasteiger partial charge in [0.2, 0.25) is 5.91 Å². The summed E-state index contributed by atoms with van der Waals surface area (Å²) in [7, 11) is 0. The number of alkyl halides is 3. The molecule has 20 heavy (non-hydrogen) atoms. The monoisotopic (exact) mass is 331 g/mol. The van der Waals surface area contributed by atoms with Crippen LogP contribution >= 0.6 is 23.7 Å². The van der Waals surface area contributed by atoms with Gasteiger partial charge < -0.3 is 11.1 Å². The average molecular weight is 332 g/mol. The fraction of sp³-hybridized carbons (Fsp3) is 0.636. The van der Waals surface area contributed by atoms with E-state index in [0.717, 1.165) is 16.7 Å². The quantitative estimate of drug-likeness (QED) is 0.871. The minimum absolute atomic E-state index is 0. The van der Waals surface area contributed by atoms with Crippen LogP contribution in [0.5, 0.6) is 0 Å². The molecule has 1 heterocycles. The molecule has 0 aliphatic rings. The van der Waals surface area contributed by atoms with Crippen molar-refractivity contribution in [2.75, 3.05) is 0 Å². The average Bonchev–Trinajstić information content (AvgIpc) is 2.72. The summed E-state index contributed by atoms with van der Waals surface area (Å²) >= 11 is 0.857. The summed E-state index contributed by atoms with van der Waals surface area (Å²) in [6.45, 7) is 3.83. The van der Waals surface area contributed by atoms with E-state index >= 15 is 0 Å². The standard InChI is InChI=1S/C11H16F3N3OS.ClH/c1-6(2)3-7(15)10(18)16-4-9-17-8(5-19-9)11(12,13)14;/h5-7H,3-4,15H2,1-2H3,(H,16,18);1H/t7-;/m0./s1. The summed E-state index contributed by atoms with van der Waals surface area (Å²) in [6, 6.07) is -0.651. The minimum atomic E-state index is -4.45. The Morgan fingerprint density at radius 1 is 1.50 bits per heavy atom. The van der Waals surface area contributed by atoms with Crippen molar-refractivity contribution in [1.82, 2.24) is 10.3 Å². The number of hydrogen-bond acceptors (Lipinski definition) is 4. The van der Waals surface area contributed by atoms with Crippen LogP contribution in [0.4, 0.5) is 13.2 Å². The van der Waals surface area contributed by atoms with Gasteiger partial charge in [-0.2, -0.15) is 13.2 Å². The van der Waals surface area contributed by atoms with Gasteiger partial charge in [-0.1, -0.05) is 13.8 Å². The Hall–Kier alpha value is -0.860. The van der Waals surface area contributed by atoms with Crippen molar-refractivity contribution < 1.29 is 18.0 Å². The maximum atomic E-state index is 12.3. The lowest BCUT2D eigenvalue weighted by atomic mass is 10.0. The predicted octanol–water partition coefficient (Wildman–Crippen LogP) is 2.57. The molecule has 1 atom stereocenters. The summed E-state index contributed by atoms with van der Waals surface area (Å²) in [5.74, 6) is -0.102. The number of rotatable bonds is 5. The summed E-state index contributed by atoms with van der Waals surface area (Å²) in [4.78, 5) is 15.0. The van der Waals surface area contributed by atoms with E-state index in [1.807, 2.05) is 13.8 Å². The summed E-state index contributed by atoms with van der Waals surface area (Å²) in [6.07, 6.45) is -3.93. The van der Waals surface area contributed by atoms with Crippen LogP contribution < -0.4 is 11.1 Å². The van der Waals surface area contributed by atoms with Crippen LogP contribution in [0.15, 0.2) is 5.38 Å². The molecule has 3 N–H and O–H groups in total. The molecule has 1 amide bonds. The fourth-order valence-corrected chi connectivity index (χ4v) is 2.17. The highest BCUT2D eigenvalue weighted by molar-refractivity contribution is 7.09. The van der Waals surface area contributed by atoms with Gasteiger partial charge >= 0.3 is 6.18 Å². The number of carbonyl (C=O) groups is 1. The van der Waals surface area contributed by atoms with Crippen LogP contribution in [-0.2, 0) is 17.5 Å². The molecule has 116 valence electrons. The van der Waals surface area contributed by atoms with E-state index in [4.69, 9.17) is 5.73 Å². The number of hydrogen-bond donors (Lipinski definition) is 2. The second kappa shape index (κ2) is 7.80. The van der Waals surface area contributed by atoms with Gasteiger partial charge in [-0.3, -0.25) is 4.79 Å². The predicted molar refractivity (Wildman–Crippen MR) is 73.6 cm³/mol. The molecule has 0 saturated heterocycles. The summed E-state index contributed by atoms with van der Waals surface area (Å²) in [5.41, 5.74) is 4.71. The van der Waals surface area contributed by atoms with Crippen LogP contribution in [0.3, 0.4) is 0 Å². The molecule has 0 unspecified atom stereocenters. The molecule has 1 rings (SSSR count). The van der Waals surface area contributed by atoms with Crippen molar-refractivity contribution in [3.8, 4) is 0 Å². The molecule has 0 aliphatic carbocycles. The van der Waals surface area contributed by atoms with Crippen molar-refractivity contribution in [2.45, 2.75) is 39.0 Å². The molecular weight excluding hydrogens is 315 g/mol. The van der Waals surface area contributed by atoms with Gasteiger partial charge in [0.05, 0.1) is 12.6 Å². The number of nitrogens with one attached hydrogen (secondary N) is 1. The first-order valence-corrected chi connectivity index (χ1v) is 6.63. The molecule has 1 aromatic rings. The third-order valence-electron chi connectivity index (χ3n) is 2.32. The molecule has 9 heteroatoms. The van der Waals surface area contributed by atoms with Gasteiger partial charge in [0, 0.05) is 5.38 Å². The lowest BCUT2D eigenvalue weighted by molar-refractivity contribution is -0.140. The van der Waals surface area contributed by atoms with Crippen LogP contribution in [0.2, 0.25) is 0 Å². The second-order valence-electron chi connectivity index (χ2n) is 4.58. The number of amides is 1. The topological polar surface area (TPSA) is 68.0 Å². The van der Waals surface area contributed by atoms with Crippen LogP contribution in [0.1, 0.15) is 31.0 Å². The SMILES string of the molecule is CC(C)C[C@H](N)C(=O)NCc1nc(C(F)(F)F)cs1.Cl. The molecule has 0 aliphatic heterocycles. The largest absolute Gasteiger partial charge is 0.434 e. The van der Waals surface area contributed by atoms with Crippen molar-refractivity contribution >= 4 is 29.7 Å². The molecule has 0 aromatic carbocycles. The normalized spacial score (nSPS) is 12.9. The molecular formula is C11H17ClF3N3OS. The van der Waals surface area contributed by atoms with Gasteiger partial charge in [0.1, 0.15) is 5.01 Å². The maximum absolute atomic E-state index is 12.3. The van der Waals surface area contributed by atoms with Crippen molar-refractivity contribution in [1.29, 1.82) is 0 Å². The highest BCUT2D eigenvalue weighted by Crippen LogP contribution is 2.29. The zero-order valence-electron chi connectivity index (χ0n) is 11.0. The number of halogens is 4. The summed E-state index contributed by atoms with van der Waals surface area (Å²) in [5, 5.41) is 3.62. The third-order valence-corrected chi connectivity index (χ3v) is 3.17. The first-order valence-electron chi connectivity index (χ1n) is 5.75. The first kappa shape index (κ1) is 19.1. The number of aromatic nitrogens is 1. The Kier molecular flexibility index (Phi) is 7.46. The van der Waals surface area contributed by atoms with E-state index in [2.05, 4.69) is 10.3 Å². The first-order chi connectivity index (χ1) is 8.70. The molecule has 4 nitrogen and oxygen atoms in total. The summed E-state index contributed by atoms with van der Waals surface area (Å²) < 4.78 is 36.9. The second-order valence-corrected chi connectivity index (χ2v) is 5.52. The number of nitrogens with zero attached hydrogens (tertiary/aromatic N) is 1. The van der Waals surface area contributed by atoms with Gasteiger partial charge in [-0.25, -0.2) is 4.98 Å². The van der Waals surface area contributed by atoms with Gasteiger partial charge in [0.15, 0.2) is 5.69 Å². The van der Waals surface area contributed by atoms with E-state index in [1.165, 1.54) is 0 Å².